The van der Waals surface area contributed by atoms with Crippen LogP contribution in [0.25, 0.3) is 11.3 Å². The molecule has 0 aliphatic heterocycles. The summed E-state index contributed by atoms with van der Waals surface area (Å²) in [5.41, 5.74) is 4.46. The van der Waals surface area contributed by atoms with Crippen LogP contribution in [-0.4, -0.2) is 4.98 Å². The largest absolute Gasteiger partial charge is 0.332 e. The van der Waals surface area contributed by atoms with Crippen molar-refractivity contribution in [2.75, 3.05) is 5.32 Å². The first-order valence-corrected chi connectivity index (χ1v) is 8.44. The quantitative estimate of drug-likeness (QED) is 0.628. The predicted molar refractivity (Wildman–Crippen MR) is 96.4 cm³/mol. The van der Waals surface area contributed by atoms with Gasteiger partial charge in [0.1, 0.15) is 0 Å². The number of nitrogens with zero attached hydrogens (tertiary/aromatic N) is 1. The average molecular weight is 329 g/mol. The maximum Gasteiger partial charge on any atom is 0.187 e. The Morgan fingerprint density at radius 1 is 1.05 bits per heavy atom. The van der Waals surface area contributed by atoms with Crippen molar-refractivity contribution < 1.29 is 0 Å². The first-order valence-electron chi connectivity index (χ1n) is 7.25. The van der Waals surface area contributed by atoms with E-state index in [9.17, 15) is 0 Å². The SMILES string of the molecule is CCc1sc(Nc2ccc(C)cc2)nc1-c1ccc(Cl)cc1. The minimum Gasteiger partial charge on any atom is -0.332 e. The Bertz CT molecular complexity index is 761. The van der Waals surface area contributed by atoms with E-state index in [2.05, 4.69) is 43.4 Å². The van der Waals surface area contributed by atoms with E-state index in [0.29, 0.717) is 0 Å². The third kappa shape index (κ3) is 3.32. The Kier molecular flexibility index (Phi) is 4.46. The Labute approximate surface area is 139 Å². The molecule has 2 aromatic carbocycles. The third-order valence-electron chi connectivity index (χ3n) is 3.44. The van der Waals surface area contributed by atoms with E-state index in [4.69, 9.17) is 16.6 Å². The molecule has 4 heteroatoms. The minimum atomic E-state index is 0.745. The van der Waals surface area contributed by atoms with Crippen molar-refractivity contribution in [3.8, 4) is 11.3 Å². The summed E-state index contributed by atoms with van der Waals surface area (Å²) in [6, 6.07) is 16.2. The van der Waals surface area contributed by atoms with E-state index in [1.807, 2.05) is 24.3 Å². The van der Waals surface area contributed by atoms with Gasteiger partial charge in [-0.25, -0.2) is 4.98 Å². The van der Waals surface area contributed by atoms with Crippen molar-refractivity contribution in [3.05, 3.63) is 64.0 Å². The topological polar surface area (TPSA) is 24.9 Å². The van der Waals surface area contributed by atoms with Crippen LogP contribution >= 0.6 is 22.9 Å². The Morgan fingerprint density at radius 3 is 2.36 bits per heavy atom. The van der Waals surface area contributed by atoms with Crippen LogP contribution in [0.3, 0.4) is 0 Å². The van der Waals surface area contributed by atoms with E-state index in [1.54, 1.807) is 11.3 Å². The van der Waals surface area contributed by atoms with Crippen LogP contribution in [0.2, 0.25) is 5.02 Å². The predicted octanol–water partition coefficient (Wildman–Crippen LogP) is 6.08. The van der Waals surface area contributed by atoms with Crippen molar-refractivity contribution in [2.45, 2.75) is 20.3 Å². The molecule has 2 nitrogen and oxygen atoms in total. The van der Waals surface area contributed by atoms with Crippen molar-refractivity contribution >= 4 is 33.8 Å². The summed E-state index contributed by atoms with van der Waals surface area (Å²) < 4.78 is 0. The van der Waals surface area contributed by atoms with E-state index in [1.165, 1.54) is 10.4 Å². The molecule has 0 radical (unpaired) electrons. The maximum absolute atomic E-state index is 5.97. The molecule has 0 saturated carbocycles. The van der Waals surface area contributed by atoms with Crippen molar-refractivity contribution in [1.29, 1.82) is 0 Å². The summed E-state index contributed by atoms with van der Waals surface area (Å²) in [7, 11) is 0. The van der Waals surface area contributed by atoms with E-state index >= 15 is 0 Å². The van der Waals surface area contributed by atoms with Crippen molar-refractivity contribution in [2.24, 2.45) is 0 Å². The van der Waals surface area contributed by atoms with Gasteiger partial charge in [0.25, 0.3) is 0 Å². The fourth-order valence-electron chi connectivity index (χ4n) is 2.24. The van der Waals surface area contributed by atoms with E-state index < -0.39 is 0 Å². The molecule has 0 amide bonds. The van der Waals surface area contributed by atoms with Gasteiger partial charge in [0.2, 0.25) is 0 Å². The summed E-state index contributed by atoms with van der Waals surface area (Å²) in [6.45, 7) is 4.24. The summed E-state index contributed by atoms with van der Waals surface area (Å²) in [5, 5.41) is 5.06. The molecule has 1 N–H and O–H groups in total. The molecule has 1 heterocycles. The Balaban J connectivity index is 1.90. The average Bonchev–Trinajstić information content (AvgIpc) is 2.93. The second-order valence-electron chi connectivity index (χ2n) is 5.14. The van der Waals surface area contributed by atoms with Crippen molar-refractivity contribution in [3.63, 3.8) is 0 Å². The van der Waals surface area contributed by atoms with Crippen LogP contribution in [-0.2, 0) is 6.42 Å². The summed E-state index contributed by atoms with van der Waals surface area (Å²) in [5.74, 6) is 0. The van der Waals surface area contributed by atoms with Gasteiger partial charge in [-0.15, -0.1) is 11.3 Å². The van der Waals surface area contributed by atoms with Gasteiger partial charge >= 0.3 is 0 Å². The zero-order chi connectivity index (χ0) is 15.5. The molecule has 0 spiro atoms. The molecule has 0 fully saturated rings. The number of aryl methyl sites for hydroxylation is 2. The maximum atomic E-state index is 5.97. The summed E-state index contributed by atoms with van der Waals surface area (Å²) in [4.78, 5) is 6.04. The summed E-state index contributed by atoms with van der Waals surface area (Å²) in [6.07, 6.45) is 0.963. The number of anilines is 2. The Hall–Kier alpha value is -1.84. The van der Waals surface area contributed by atoms with Gasteiger partial charge in [-0.05, 0) is 37.6 Å². The van der Waals surface area contributed by atoms with Crippen LogP contribution in [0.5, 0.6) is 0 Å². The van der Waals surface area contributed by atoms with Gasteiger partial charge < -0.3 is 5.32 Å². The lowest BCUT2D eigenvalue weighted by Gasteiger charge is -2.02. The molecule has 3 rings (SSSR count). The first kappa shape index (κ1) is 15.1. The van der Waals surface area contributed by atoms with Gasteiger partial charge in [-0.2, -0.15) is 0 Å². The molecule has 22 heavy (non-hydrogen) atoms. The van der Waals surface area contributed by atoms with Crippen LogP contribution in [0, 0.1) is 6.92 Å². The molecule has 0 atom stereocenters. The second kappa shape index (κ2) is 6.51. The van der Waals surface area contributed by atoms with E-state index in [0.717, 1.165) is 33.5 Å². The second-order valence-corrected chi connectivity index (χ2v) is 6.66. The lowest BCUT2D eigenvalue weighted by atomic mass is 10.1. The number of thiazole rings is 1. The standard InChI is InChI=1S/C18H17ClN2S/c1-3-16-17(13-6-8-14(19)9-7-13)21-18(22-16)20-15-10-4-12(2)5-11-15/h4-11H,3H2,1-2H3,(H,20,21). The van der Waals surface area contributed by atoms with Gasteiger partial charge in [0.05, 0.1) is 5.69 Å². The van der Waals surface area contributed by atoms with E-state index in [-0.39, 0.29) is 0 Å². The number of rotatable bonds is 4. The normalized spacial score (nSPS) is 10.7. The molecular weight excluding hydrogens is 312 g/mol. The zero-order valence-electron chi connectivity index (χ0n) is 12.6. The lowest BCUT2D eigenvalue weighted by molar-refractivity contribution is 1.17. The van der Waals surface area contributed by atoms with Crippen LogP contribution in [0.15, 0.2) is 48.5 Å². The molecule has 0 aliphatic carbocycles. The zero-order valence-corrected chi connectivity index (χ0v) is 14.1. The first-order chi connectivity index (χ1) is 10.7. The van der Waals surface area contributed by atoms with Gasteiger partial charge in [0.15, 0.2) is 5.13 Å². The highest BCUT2D eigenvalue weighted by molar-refractivity contribution is 7.16. The lowest BCUT2D eigenvalue weighted by Crippen LogP contribution is -1.89. The molecule has 1 aromatic heterocycles. The molecular formula is C18H17ClN2S. The van der Waals surface area contributed by atoms with Gasteiger partial charge in [-0.1, -0.05) is 48.4 Å². The monoisotopic (exact) mass is 328 g/mol. The minimum absolute atomic E-state index is 0.745. The van der Waals surface area contributed by atoms with Crippen LogP contribution in [0.1, 0.15) is 17.4 Å². The summed E-state index contributed by atoms with van der Waals surface area (Å²) >= 11 is 7.67. The fourth-order valence-corrected chi connectivity index (χ4v) is 3.31. The van der Waals surface area contributed by atoms with Gasteiger partial charge in [0, 0.05) is 21.2 Å². The van der Waals surface area contributed by atoms with Crippen LogP contribution in [0.4, 0.5) is 10.8 Å². The van der Waals surface area contributed by atoms with Crippen molar-refractivity contribution in [1.82, 2.24) is 4.98 Å². The highest BCUT2D eigenvalue weighted by Gasteiger charge is 2.12. The molecule has 0 unspecified atom stereocenters. The highest BCUT2D eigenvalue weighted by Crippen LogP contribution is 2.33. The molecule has 3 aromatic rings. The number of hydrogen-bond donors (Lipinski definition) is 1. The number of aromatic nitrogens is 1. The molecule has 0 saturated heterocycles. The third-order valence-corrected chi connectivity index (χ3v) is 4.81. The fraction of sp³-hybridized carbons (Fsp3) is 0.167. The molecule has 0 bridgehead atoms. The smallest absolute Gasteiger partial charge is 0.187 e. The van der Waals surface area contributed by atoms with Crippen LogP contribution < -0.4 is 5.32 Å². The molecule has 0 aliphatic rings. The highest BCUT2D eigenvalue weighted by atomic mass is 35.5. The van der Waals surface area contributed by atoms with Gasteiger partial charge in [-0.3, -0.25) is 0 Å². The number of nitrogens with one attached hydrogen (secondary N) is 1. The Morgan fingerprint density at radius 2 is 1.73 bits per heavy atom. The molecule has 112 valence electrons. The number of benzene rings is 2. The number of halogens is 1. The number of hydrogen-bond acceptors (Lipinski definition) is 3.